The third-order valence-corrected chi connectivity index (χ3v) is 4.91. The zero-order valence-corrected chi connectivity index (χ0v) is 13.5. The maximum atomic E-state index is 13.5. The number of halogens is 1. The molecule has 1 amide bonds. The van der Waals surface area contributed by atoms with Gasteiger partial charge in [0, 0.05) is 37.7 Å². The molecule has 0 unspecified atom stereocenters. The number of hydrogen-bond acceptors (Lipinski definition) is 3. The molecular formula is C18H25FN2O2. The number of amides is 1. The maximum absolute atomic E-state index is 13.5. The van der Waals surface area contributed by atoms with E-state index in [1.807, 2.05) is 0 Å². The van der Waals surface area contributed by atoms with Crippen LogP contribution in [-0.4, -0.2) is 42.6 Å². The van der Waals surface area contributed by atoms with Crippen LogP contribution in [0.2, 0.25) is 0 Å². The topological polar surface area (TPSA) is 41.6 Å². The van der Waals surface area contributed by atoms with E-state index in [1.54, 1.807) is 18.2 Å². The first-order valence-electron chi connectivity index (χ1n) is 8.60. The second-order valence-electron chi connectivity index (χ2n) is 6.42. The van der Waals surface area contributed by atoms with Gasteiger partial charge in [0.15, 0.2) is 0 Å². The molecule has 1 saturated carbocycles. The number of fused-ring (bicyclic) bond motifs is 1. The molecule has 4 nitrogen and oxygen atoms in total. The van der Waals surface area contributed by atoms with Crippen molar-refractivity contribution in [2.75, 3.05) is 19.7 Å². The van der Waals surface area contributed by atoms with Gasteiger partial charge in [0.2, 0.25) is 5.91 Å². The van der Waals surface area contributed by atoms with Crippen molar-refractivity contribution in [2.24, 2.45) is 0 Å². The highest BCUT2D eigenvalue weighted by atomic mass is 19.1. The average molecular weight is 320 g/mol. The van der Waals surface area contributed by atoms with Crippen molar-refractivity contribution in [2.45, 2.75) is 50.8 Å². The molecule has 1 saturated heterocycles. The quantitative estimate of drug-likeness (QED) is 0.906. The Balaban J connectivity index is 1.44. The molecule has 3 rings (SSSR count). The van der Waals surface area contributed by atoms with Crippen LogP contribution in [0, 0.1) is 5.82 Å². The zero-order valence-electron chi connectivity index (χ0n) is 13.5. The van der Waals surface area contributed by atoms with Gasteiger partial charge in [0.1, 0.15) is 5.82 Å². The molecule has 0 aromatic heterocycles. The summed E-state index contributed by atoms with van der Waals surface area (Å²) < 4.78 is 19.4. The minimum atomic E-state index is -0.272. The summed E-state index contributed by atoms with van der Waals surface area (Å²) in [5.74, 6) is -0.293. The molecule has 2 atom stereocenters. The molecule has 0 radical (unpaired) electrons. The van der Waals surface area contributed by atoms with Gasteiger partial charge in [-0.25, -0.2) is 4.39 Å². The maximum Gasteiger partial charge on any atom is 0.221 e. The molecule has 1 heterocycles. The van der Waals surface area contributed by atoms with Crippen LogP contribution in [0.5, 0.6) is 0 Å². The molecule has 1 aromatic carbocycles. The Morgan fingerprint density at radius 1 is 1.30 bits per heavy atom. The van der Waals surface area contributed by atoms with Gasteiger partial charge >= 0.3 is 0 Å². The van der Waals surface area contributed by atoms with Crippen LogP contribution in [0.1, 0.15) is 37.7 Å². The van der Waals surface area contributed by atoms with Gasteiger partial charge in [-0.1, -0.05) is 31.0 Å². The molecular weight excluding hydrogens is 295 g/mol. The molecule has 5 heteroatoms. The van der Waals surface area contributed by atoms with Crippen LogP contribution in [0.4, 0.5) is 4.39 Å². The number of rotatable bonds is 5. The minimum absolute atomic E-state index is 0.0212. The van der Waals surface area contributed by atoms with E-state index in [4.69, 9.17) is 4.74 Å². The van der Waals surface area contributed by atoms with Crippen LogP contribution in [0.15, 0.2) is 24.3 Å². The number of morpholine rings is 1. The van der Waals surface area contributed by atoms with Crippen LogP contribution in [0.25, 0.3) is 0 Å². The predicted molar refractivity (Wildman–Crippen MR) is 86.4 cm³/mol. The van der Waals surface area contributed by atoms with E-state index < -0.39 is 0 Å². The summed E-state index contributed by atoms with van der Waals surface area (Å²) in [6, 6.07) is 7.01. The van der Waals surface area contributed by atoms with Gasteiger partial charge in [-0.05, 0) is 18.9 Å². The third-order valence-electron chi connectivity index (χ3n) is 4.91. The first kappa shape index (κ1) is 16.4. The summed E-state index contributed by atoms with van der Waals surface area (Å²) in [5.41, 5.74) is 0.527. The molecule has 126 valence electrons. The SMILES string of the molecule is O=C(CCN1CCO[C@@H]2CCCC[C@H]21)NCc1ccccc1F. The van der Waals surface area contributed by atoms with E-state index in [9.17, 15) is 9.18 Å². The second kappa shape index (κ2) is 7.88. The Kier molecular flexibility index (Phi) is 5.62. The number of ether oxygens (including phenoxy) is 1. The summed E-state index contributed by atoms with van der Waals surface area (Å²) >= 11 is 0. The van der Waals surface area contributed by atoms with E-state index in [0.29, 0.717) is 24.1 Å². The fraction of sp³-hybridized carbons (Fsp3) is 0.611. The summed E-state index contributed by atoms with van der Waals surface area (Å²) in [6.45, 7) is 2.67. The molecule has 23 heavy (non-hydrogen) atoms. The molecule has 2 fully saturated rings. The van der Waals surface area contributed by atoms with Gasteiger partial charge in [-0.3, -0.25) is 9.69 Å². The average Bonchev–Trinajstić information content (AvgIpc) is 2.59. The number of hydrogen-bond donors (Lipinski definition) is 1. The minimum Gasteiger partial charge on any atom is -0.375 e. The van der Waals surface area contributed by atoms with Gasteiger partial charge in [0.05, 0.1) is 12.7 Å². The molecule has 0 spiro atoms. The number of benzene rings is 1. The summed E-state index contributed by atoms with van der Waals surface area (Å²) in [6.07, 6.45) is 5.61. The number of carbonyl (C=O) groups excluding carboxylic acids is 1. The fourth-order valence-electron chi connectivity index (χ4n) is 3.62. The lowest BCUT2D eigenvalue weighted by atomic mass is 9.90. The van der Waals surface area contributed by atoms with Crippen molar-refractivity contribution in [3.8, 4) is 0 Å². The Morgan fingerprint density at radius 3 is 3.00 bits per heavy atom. The molecule has 1 aliphatic carbocycles. The molecule has 1 N–H and O–H groups in total. The third kappa shape index (κ3) is 4.30. The monoisotopic (exact) mass is 320 g/mol. The number of nitrogens with one attached hydrogen (secondary N) is 1. The van der Waals surface area contributed by atoms with Gasteiger partial charge in [0.25, 0.3) is 0 Å². The highest BCUT2D eigenvalue weighted by molar-refractivity contribution is 5.76. The van der Waals surface area contributed by atoms with Crippen molar-refractivity contribution in [3.05, 3.63) is 35.6 Å². The van der Waals surface area contributed by atoms with E-state index in [-0.39, 0.29) is 18.3 Å². The highest BCUT2D eigenvalue weighted by Gasteiger charge is 2.33. The van der Waals surface area contributed by atoms with Crippen molar-refractivity contribution in [3.63, 3.8) is 0 Å². The van der Waals surface area contributed by atoms with Crippen LogP contribution >= 0.6 is 0 Å². The van der Waals surface area contributed by atoms with Gasteiger partial charge in [-0.15, -0.1) is 0 Å². The smallest absolute Gasteiger partial charge is 0.221 e. The molecule has 2 aliphatic rings. The first-order valence-corrected chi connectivity index (χ1v) is 8.60. The van der Waals surface area contributed by atoms with Crippen LogP contribution < -0.4 is 5.32 Å². The Morgan fingerprint density at radius 2 is 2.13 bits per heavy atom. The number of carbonyl (C=O) groups is 1. The van der Waals surface area contributed by atoms with E-state index in [0.717, 1.165) is 26.1 Å². The van der Waals surface area contributed by atoms with E-state index in [2.05, 4.69) is 10.2 Å². The molecule has 0 bridgehead atoms. The van der Waals surface area contributed by atoms with E-state index >= 15 is 0 Å². The first-order chi connectivity index (χ1) is 11.2. The standard InChI is InChI=1S/C18H25FN2O2/c19-15-6-2-1-5-14(15)13-20-18(22)9-10-21-11-12-23-17-8-4-3-7-16(17)21/h1-2,5-6,16-17H,3-4,7-13H2,(H,20,22)/t16-,17-/m1/s1. The van der Waals surface area contributed by atoms with Crippen LogP contribution in [-0.2, 0) is 16.1 Å². The molecule has 1 aliphatic heterocycles. The lowest BCUT2D eigenvalue weighted by molar-refractivity contribution is -0.123. The molecule has 1 aromatic rings. The Labute approximate surface area is 137 Å². The van der Waals surface area contributed by atoms with Crippen molar-refractivity contribution in [1.82, 2.24) is 10.2 Å². The lowest BCUT2D eigenvalue weighted by Gasteiger charge is -2.43. The second-order valence-corrected chi connectivity index (χ2v) is 6.42. The van der Waals surface area contributed by atoms with E-state index in [1.165, 1.54) is 25.3 Å². The normalized spacial score (nSPS) is 24.9. The number of nitrogens with zero attached hydrogens (tertiary/aromatic N) is 1. The Hall–Kier alpha value is -1.46. The predicted octanol–water partition coefficient (Wildman–Crippen LogP) is 2.48. The zero-order chi connectivity index (χ0) is 16.1. The van der Waals surface area contributed by atoms with Crippen molar-refractivity contribution in [1.29, 1.82) is 0 Å². The van der Waals surface area contributed by atoms with Gasteiger partial charge < -0.3 is 10.1 Å². The summed E-state index contributed by atoms with van der Waals surface area (Å²) in [7, 11) is 0. The van der Waals surface area contributed by atoms with Gasteiger partial charge in [-0.2, -0.15) is 0 Å². The lowest BCUT2D eigenvalue weighted by Crippen LogP contribution is -2.53. The summed E-state index contributed by atoms with van der Waals surface area (Å²) in [5, 5.41) is 2.81. The fourth-order valence-corrected chi connectivity index (χ4v) is 3.62. The Bertz CT molecular complexity index is 536. The largest absolute Gasteiger partial charge is 0.375 e. The highest BCUT2D eigenvalue weighted by Crippen LogP contribution is 2.28. The van der Waals surface area contributed by atoms with Crippen LogP contribution in [0.3, 0.4) is 0 Å². The van der Waals surface area contributed by atoms with Crippen molar-refractivity contribution < 1.29 is 13.9 Å². The summed E-state index contributed by atoms with van der Waals surface area (Å²) in [4.78, 5) is 14.4. The van der Waals surface area contributed by atoms with Crippen molar-refractivity contribution >= 4 is 5.91 Å².